The van der Waals surface area contributed by atoms with Gasteiger partial charge in [-0.3, -0.25) is 0 Å². The lowest BCUT2D eigenvalue weighted by atomic mass is 10.1. The van der Waals surface area contributed by atoms with Crippen LogP contribution in [0.15, 0.2) is 47.0 Å². The van der Waals surface area contributed by atoms with E-state index in [4.69, 9.17) is 4.42 Å². The lowest BCUT2D eigenvalue weighted by Gasteiger charge is -2.00. The van der Waals surface area contributed by atoms with Crippen molar-refractivity contribution in [3.8, 4) is 11.3 Å². The van der Waals surface area contributed by atoms with Gasteiger partial charge in [0.15, 0.2) is 0 Å². The molecule has 2 nitrogen and oxygen atoms in total. The second kappa shape index (κ2) is 3.81. The fraction of sp³-hybridized carbons (Fsp3) is 0.200. The van der Waals surface area contributed by atoms with Crippen molar-refractivity contribution >= 4 is 10.9 Å². The maximum atomic E-state index is 5.85. The number of furan rings is 1. The molecule has 0 bridgehead atoms. The van der Waals surface area contributed by atoms with Gasteiger partial charge in [0, 0.05) is 28.6 Å². The highest BCUT2D eigenvalue weighted by atomic mass is 16.3. The van der Waals surface area contributed by atoms with E-state index in [0.29, 0.717) is 5.92 Å². The van der Waals surface area contributed by atoms with E-state index in [2.05, 4.69) is 49.2 Å². The van der Waals surface area contributed by atoms with Gasteiger partial charge in [0.25, 0.3) is 0 Å². The number of nitrogens with one attached hydrogen (secondary N) is 1. The molecule has 86 valence electrons. The molecule has 2 aromatic heterocycles. The smallest absolute Gasteiger partial charge is 0.134 e. The van der Waals surface area contributed by atoms with Crippen LogP contribution in [0.2, 0.25) is 0 Å². The average molecular weight is 225 g/mol. The lowest BCUT2D eigenvalue weighted by molar-refractivity contribution is 0.498. The van der Waals surface area contributed by atoms with E-state index in [1.54, 1.807) is 0 Å². The van der Waals surface area contributed by atoms with E-state index in [1.165, 1.54) is 5.39 Å². The SMILES string of the molecule is CC(C)c1ccc(-c2ccc3[nH]ccc3c2)o1. The third-order valence-corrected chi connectivity index (χ3v) is 3.03. The number of aromatic nitrogens is 1. The Balaban J connectivity index is 2.06. The Morgan fingerprint density at radius 1 is 1.06 bits per heavy atom. The van der Waals surface area contributed by atoms with Crippen molar-refractivity contribution in [3.63, 3.8) is 0 Å². The van der Waals surface area contributed by atoms with Gasteiger partial charge in [0.1, 0.15) is 11.5 Å². The van der Waals surface area contributed by atoms with Crippen LogP contribution < -0.4 is 0 Å². The monoisotopic (exact) mass is 225 g/mol. The zero-order valence-corrected chi connectivity index (χ0v) is 10.0. The molecule has 0 saturated carbocycles. The van der Waals surface area contributed by atoms with Crippen LogP contribution in [0.25, 0.3) is 22.2 Å². The van der Waals surface area contributed by atoms with Gasteiger partial charge in [-0.2, -0.15) is 0 Å². The molecular formula is C15H15NO. The Bertz CT molecular complexity index is 646. The first-order valence-electron chi connectivity index (χ1n) is 5.91. The predicted molar refractivity (Wildman–Crippen MR) is 70.1 cm³/mol. The fourth-order valence-corrected chi connectivity index (χ4v) is 2.02. The third-order valence-electron chi connectivity index (χ3n) is 3.03. The Kier molecular flexibility index (Phi) is 2.29. The van der Waals surface area contributed by atoms with Crippen LogP contribution in [0.5, 0.6) is 0 Å². The van der Waals surface area contributed by atoms with Crippen molar-refractivity contribution in [2.75, 3.05) is 0 Å². The maximum Gasteiger partial charge on any atom is 0.134 e. The quantitative estimate of drug-likeness (QED) is 0.681. The van der Waals surface area contributed by atoms with E-state index in [-0.39, 0.29) is 0 Å². The van der Waals surface area contributed by atoms with E-state index in [9.17, 15) is 0 Å². The molecule has 1 N–H and O–H groups in total. The summed E-state index contributed by atoms with van der Waals surface area (Å²) in [7, 11) is 0. The molecule has 3 aromatic rings. The van der Waals surface area contributed by atoms with Crippen LogP contribution in [-0.2, 0) is 0 Å². The van der Waals surface area contributed by atoms with Crippen molar-refractivity contribution in [2.24, 2.45) is 0 Å². The highest BCUT2D eigenvalue weighted by Gasteiger charge is 2.08. The molecule has 0 aliphatic heterocycles. The summed E-state index contributed by atoms with van der Waals surface area (Å²) in [6, 6.07) is 12.5. The number of hydrogen-bond donors (Lipinski definition) is 1. The van der Waals surface area contributed by atoms with E-state index in [1.807, 2.05) is 12.3 Å². The molecule has 1 aromatic carbocycles. The molecular weight excluding hydrogens is 210 g/mol. The number of hydrogen-bond acceptors (Lipinski definition) is 1. The van der Waals surface area contributed by atoms with Crippen molar-refractivity contribution in [3.05, 3.63) is 48.4 Å². The first kappa shape index (κ1) is 10.2. The Labute approximate surface area is 100 Å². The molecule has 17 heavy (non-hydrogen) atoms. The first-order chi connectivity index (χ1) is 8.24. The summed E-state index contributed by atoms with van der Waals surface area (Å²) in [5, 5.41) is 1.21. The molecule has 0 saturated heterocycles. The van der Waals surface area contributed by atoms with Crippen LogP contribution in [0.3, 0.4) is 0 Å². The largest absolute Gasteiger partial charge is 0.461 e. The minimum absolute atomic E-state index is 0.430. The highest BCUT2D eigenvalue weighted by molar-refractivity contribution is 5.84. The summed E-state index contributed by atoms with van der Waals surface area (Å²) in [4.78, 5) is 3.19. The summed E-state index contributed by atoms with van der Waals surface area (Å²) in [5.74, 6) is 2.41. The van der Waals surface area contributed by atoms with Crippen LogP contribution in [0.4, 0.5) is 0 Å². The zero-order valence-electron chi connectivity index (χ0n) is 10.0. The van der Waals surface area contributed by atoms with Gasteiger partial charge in [-0.05, 0) is 36.4 Å². The third kappa shape index (κ3) is 1.76. The molecule has 0 radical (unpaired) electrons. The molecule has 2 heteroatoms. The number of aromatic amines is 1. The Morgan fingerprint density at radius 2 is 1.94 bits per heavy atom. The molecule has 0 aliphatic rings. The van der Waals surface area contributed by atoms with Gasteiger partial charge in [0.2, 0.25) is 0 Å². The topological polar surface area (TPSA) is 28.9 Å². The van der Waals surface area contributed by atoms with Crippen LogP contribution in [-0.4, -0.2) is 4.98 Å². The fourth-order valence-electron chi connectivity index (χ4n) is 2.02. The summed E-state index contributed by atoms with van der Waals surface area (Å²) in [5.41, 5.74) is 2.29. The number of H-pyrrole nitrogens is 1. The van der Waals surface area contributed by atoms with Crippen molar-refractivity contribution in [1.29, 1.82) is 0 Å². The predicted octanol–water partition coefficient (Wildman–Crippen LogP) is 4.55. The van der Waals surface area contributed by atoms with E-state index in [0.717, 1.165) is 22.6 Å². The molecule has 0 atom stereocenters. The second-order valence-electron chi connectivity index (χ2n) is 4.64. The molecule has 0 fully saturated rings. The summed E-state index contributed by atoms with van der Waals surface area (Å²) >= 11 is 0. The normalized spacial score (nSPS) is 11.5. The number of rotatable bonds is 2. The highest BCUT2D eigenvalue weighted by Crippen LogP contribution is 2.28. The van der Waals surface area contributed by atoms with Crippen LogP contribution in [0.1, 0.15) is 25.5 Å². The summed E-state index contributed by atoms with van der Waals surface area (Å²) < 4.78 is 5.85. The summed E-state index contributed by atoms with van der Waals surface area (Å²) in [6.07, 6.45) is 1.95. The zero-order chi connectivity index (χ0) is 11.8. The minimum Gasteiger partial charge on any atom is -0.461 e. The van der Waals surface area contributed by atoms with Crippen molar-refractivity contribution in [2.45, 2.75) is 19.8 Å². The molecule has 3 rings (SSSR count). The Hall–Kier alpha value is -1.96. The van der Waals surface area contributed by atoms with Gasteiger partial charge >= 0.3 is 0 Å². The molecule has 0 spiro atoms. The van der Waals surface area contributed by atoms with Crippen LogP contribution in [0, 0.1) is 0 Å². The minimum atomic E-state index is 0.430. The molecule has 0 amide bonds. The van der Waals surface area contributed by atoms with Gasteiger partial charge in [-0.25, -0.2) is 0 Å². The van der Waals surface area contributed by atoms with Gasteiger partial charge < -0.3 is 9.40 Å². The van der Waals surface area contributed by atoms with Gasteiger partial charge in [0.05, 0.1) is 0 Å². The van der Waals surface area contributed by atoms with Gasteiger partial charge in [-0.15, -0.1) is 0 Å². The first-order valence-corrected chi connectivity index (χ1v) is 5.91. The van der Waals surface area contributed by atoms with Crippen LogP contribution >= 0.6 is 0 Å². The molecule has 0 unspecified atom stereocenters. The average Bonchev–Trinajstić information content (AvgIpc) is 2.97. The van der Waals surface area contributed by atoms with E-state index < -0.39 is 0 Å². The lowest BCUT2D eigenvalue weighted by Crippen LogP contribution is -1.80. The summed E-state index contributed by atoms with van der Waals surface area (Å²) in [6.45, 7) is 4.27. The number of benzene rings is 1. The number of fused-ring (bicyclic) bond motifs is 1. The van der Waals surface area contributed by atoms with E-state index >= 15 is 0 Å². The maximum absolute atomic E-state index is 5.85. The molecule has 2 heterocycles. The second-order valence-corrected chi connectivity index (χ2v) is 4.64. The Morgan fingerprint density at radius 3 is 2.71 bits per heavy atom. The standard InChI is InChI=1S/C15H15NO/c1-10(2)14-5-6-15(17-14)12-3-4-13-11(9-12)7-8-16-13/h3-10,16H,1-2H3. The molecule has 0 aliphatic carbocycles. The van der Waals surface area contributed by atoms with Crippen molar-refractivity contribution < 1.29 is 4.42 Å². The van der Waals surface area contributed by atoms with Gasteiger partial charge in [-0.1, -0.05) is 13.8 Å². The van der Waals surface area contributed by atoms with Crippen molar-refractivity contribution in [1.82, 2.24) is 4.98 Å².